The van der Waals surface area contributed by atoms with E-state index in [2.05, 4.69) is 15.9 Å². The Balaban J connectivity index is 2.96. The van der Waals surface area contributed by atoms with Crippen molar-refractivity contribution in [2.24, 2.45) is 0 Å². The molecule has 0 aromatic heterocycles. The van der Waals surface area contributed by atoms with E-state index in [1.54, 1.807) is 18.2 Å². The van der Waals surface area contributed by atoms with Gasteiger partial charge < -0.3 is 9.84 Å². The van der Waals surface area contributed by atoms with Crippen LogP contribution < -0.4 is 4.74 Å². The number of halogens is 1. The minimum absolute atomic E-state index is 0.0399. The number of hydrogen-bond acceptors (Lipinski definition) is 4. The topological polar surface area (TPSA) is 83.9 Å². The summed E-state index contributed by atoms with van der Waals surface area (Å²) < 4.78 is 30.4. The number of sulfonamides is 1. The zero-order valence-electron chi connectivity index (χ0n) is 10.5. The van der Waals surface area contributed by atoms with Crippen LogP contribution >= 0.6 is 15.9 Å². The van der Waals surface area contributed by atoms with Gasteiger partial charge in [0.05, 0.1) is 7.11 Å². The second-order valence-corrected chi connectivity index (χ2v) is 6.85. The predicted octanol–water partition coefficient (Wildman–Crippen LogP) is 1.30. The van der Waals surface area contributed by atoms with Crippen molar-refractivity contribution in [2.75, 3.05) is 19.9 Å². The van der Waals surface area contributed by atoms with E-state index in [1.165, 1.54) is 14.2 Å². The lowest BCUT2D eigenvalue weighted by molar-refractivity contribution is -0.134. The van der Waals surface area contributed by atoms with Crippen LogP contribution in [-0.2, 0) is 21.4 Å². The average Bonchev–Trinajstić information content (AvgIpc) is 2.27. The highest BCUT2D eigenvalue weighted by atomic mass is 79.9. The third kappa shape index (κ3) is 4.48. The van der Waals surface area contributed by atoms with Crippen molar-refractivity contribution in [3.05, 3.63) is 28.2 Å². The number of benzene rings is 1. The molecule has 1 aromatic carbocycles. The van der Waals surface area contributed by atoms with Crippen molar-refractivity contribution < 1.29 is 23.1 Å². The standard InChI is InChI=1S/C11H14BrNO5S/c1-13(19(16,17)7-11(14)15)6-8-5-9(12)3-4-10(8)18-2/h3-5H,6-7H2,1-2H3,(H,14,15). The molecule has 0 atom stereocenters. The Morgan fingerprint density at radius 3 is 2.63 bits per heavy atom. The molecule has 0 spiro atoms. The Morgan fingerprint density at radius 2 is 2.11 bits per heavy atom. The summed E-state index contributed by atoms with van der Waals surface area (Å²) >= 11 is 3.29. The SMILES string of the molecule is COc1ccc(Br)cc1CN(C)S(=O)(=O)CC(=O)O. The van der Waals surface area contributed by atoms with E-state index >= 15 is 0 Å². The van der Waals surface area contributed by atoms with Crippen molar-refractivity contribution in [2.45, 2.75) is 6.54 Å². The number of hydrogen-bond donors (Lipinski definition) is 1. The van der Waals surface area contributed by atoms with Crippen LogP contribution in [0, 0.1) is 0 Å². The minimum Gasteiger partial charge on any atom is -0.496 e. The first-order chi connectivity index (χ1) is 8.76. The first kappa shape index (κ1) is 15.9. The molecule has 0 fully saturated rings. The number of rotatable bonds is 6. The Morgan fingerprint density at radius 1 is 1.47 bits per heavy atom. The summed E-state index contributed by atoms with van der Waals surface area (Å²) in [7, 11) is -1.02. The molecule has 1 aromatic rings. The van der Waals surface area contributed by atoms with Gasteiger partial charge in [-0.1, -0.05) is 15.9 Å². The molecule has 0 unspecified atom stereocenters. The van der Waals surface area contributed by atoms with Gasteiger partial charge in [-0.2, -0.15) is 4.31 Å². The summed E-state index contributed by atoms with van der Waals surface area (Å²) in [5, 5.41) is 8.57. The van der Waals surface area contributed by atoms with Gasteiger partial charge in [0.15, 0.2) is 5.75 Å². The second kappa shape index (κ2) is 6.36. The molecule has 1 N–H and O–H groups in total. The Bertz CT molecular complexity index is 572. The predicted molar refractivity (Wildman–Crippen MR) is 73.6 cm³/mol. The number of nitrogens with zero attached hydrogens (tertiary/aromatic N) is 1. The number of aliphatic carboxylic acids is 1. The molecular formula is C11H14BrNO5S. The number of methoxy groups -OCH3 is 1. The Labute approximate surface area is 120 Å². The molecule has 0 bridgehead atoms. The fourth-order valence-corrected chi connectivity index (χ4v) is 2.75. The van der Waals surface area contributed by atoms with Crippen LogP contribution in [0.2, 0.25) is 0 Å². The highest BCUT2D eigenvalue weighted by Crippen LogP contribution is 2.24. The molecule has 0 amide bonds. The zero-order chi connectivity index (χ0) is 14.6. The molecule has 0 aliphatic heterocycles. The van der Waals surface area contributed by atoms with Gasteiger partial charge in [-0.3, -0.25) is 4.79 Å². The quantitative estimate of drug-likeness (QED) is 0.835. The van der Waals surface area contributed by atoms with Crippen molar-refractivity contribution in [3.63, 3.8) is 0 Å². The number of ether oxygens (including phenoxy) is 1. The summed E-state index contributed by atoms with van der Waals surface area (Å²) in [6.07, 6.45) is 0. The van der Waals surface area contributed by atoms with Gasteiger partial charge in [0.25, 0.3) is 0 Å². The normalized spacial score (nSPS) is 11.6. The number of carbonyl (C=O) groups is 1. The van der Waals surface area contributed by atoms with Gasteiger partial charge >= 0.3 is 5.97 Å². The van der Waals surface area contributed by atoms with Crippen LogP contribution in [0.25, 0.3) is 0 Å². The van der Waals surface area contributed by atoms with E-state index in [1.807, 2.05) is 0 Å². The van der Waals surface area contributed by atoms with Gasteiger partial charge in [0, 0.05) is 23.6 Å². The van der Waals surface area contributed by atoms with Crippen LogP contribution in [0.3, 0.4) is 0 Å². The largest absolute Gasteiger partial charge is 0.496 e. The maximum absolute atomic E-state index is 11.7. The second-order valence-electron chi connectivity index (χ2n) is 3.86. The van der Waals surface area contributed by atoms with Gasteiger partial charge in [-0.05, 0) is 18.2 Å². The molecule has 0 saturated carbocycles. The highest BCUT2D eigenvalue weighted by Gasteiger charge is 2.22. The fraction of sp³-hybridized carbons (Fsp3) is 0.364. The molecule has 1 rings (SSSR count). The smallest absolute Gasteiger partial charge is 0.320 e. The van der Waals surface area contributed by atoms with Crippen LogP contribution in [0.1, 0.15) is 5.56 Å². The first-order valence-electron chi connectivity index (χ1n) is 5.24. The third-order valence-corrected chi connectivity index (χ3v) is 4.60. The van der Waals surface area contributed by atoms with Gasteiger partial charge in [-0.15, -0.1) is 0 Å². The van der Waals surface area contributed by atoms with Crippen LogP contribution in [0.15, 0.2) is 22.7 Å². The Hall–Kier alpha value is -1.12. The maximum atomic E-state index is 11.7. The molecule has 106 valence electrons. The lowest BCUT2D eigenvalue weighted by Gasteiger charge is -2.17. The van der Waals surface area contributed by atoms with E-state index in [0.717, 1.165) is 8.78 Å². The lowest BCUT2D eigenvalue weighted by Crippen LogP contribution is -2.31. The van der Waals surface area contributed by atoms with Crippen molar-refractivity contribution in [1.29, 1.82) is 0 Å². The molecule has 0 heterocycles. The molecule has 0 aliphatic carbocycles. The van der Waals surface area contributed by atoms with Crippen LogP contribution in [0.4, 0.5) is 0 Å². The minimum atomic E-state index is -3.83. The van der Waals surface area contributed by atoms with E-state index in [-0.39, 0.29) is 6.54 Å². The van der Waals surface area contributed by atoms with Crippen LogP contribution in [-0.4, -0.2) is 43.7 Å². The number of carboxylic acid groups (broad SMARTS) is 1. The molecule has 19 heavy (non-hydrogen) atoms. The summed E-state index contributed by atoms with van der Waals surface area (Å²) in [5.74, 6) is -1.77. The average molecular weight is 352 g/mol. The summed E-state index contributed by atoms with van der Waals surface area (Å²) in [6, 6.07) is 5.21. The van der Waals surface area contributed by atoms with Crippen molar-refractivity contribution >= 4 is 31.9 Å². The van der Waals surface area contributed by atoms with Crippen molar-refractivity contribution in [3.8, 4) is 5.75 Å². The molecule has 8 heteroatoms. The summed E-state index contributed by atoms with van der Waals surface area (Å²) in [5.41, 5.74) is 0.647. The monoisotopic (exact) mass is 351 g/mol. The highest BCUT2D eigenvalue weighted by molar-refractivity contribution is 9.10. The van der Waals surface area contributed by atoms with Crippen molar-refractivity contribution in [1.82, 2.24) is 4.31 Å². The van der Waals surface area contributed by atoms with Gasteiger partial charge in [0.2, 0.25) is 10.0 Å². The first-order valence-corrected chi connectivity index (χ1v) is 7.64. The molecule has 0 radical (unpaired) electrons. The van der Waals surface area contributed by atoms with E-state index < -0.39 is 21.7 Å². The molecular weight excluding hydrogens is 338 g/mol. The fourth-order valence-electron chi connectivity index (χ4n) is 1.48. The molecule has 0 saturated heterocycles. The van der Waals surface area contributed by atoms with Gasteiger partial charge in [0.1, 0.15) is 5.75 Å². The maximum Gasteiger partial charge on any atom is 0.320 e. The zero-order valence-corrected chi connectivity index (χ0v) is 12.9. The Kier molecular flexibility index (Phi) is 5.33. The van der Waals surface area contributed by atoms with E-state index in [0.29, 0.717) is 11.3 Å². The molecule has 6 nitrogen and oxygen atoms in total. The third-order valence-electron chi connectivity index (χ3n) is 2.42. The summed E-state index contributed by atoms with van der Waals surface area (Å²) in [4.78, 5) is 10.5. The summed E-state index contributed by atoms with van der Waals surface area (Å²) in [6.45, 7) is 0.0399. The number of carboxylic acids is 1. The van der Waals surface area contributed by atoms with Crippen LogP contribution in [0.5, 0.6) is 5.75 Å². The van der Waals surface area contributed by atoms with E-state index in [9.17, 15) is 13.2 Å². The lowest BCUT2D eigenvalue weighted by atomic mass is 10.2. The molecule has 0 aliphatic rings. The van der Waals surface area contributed by atoms with E-state index in [4.69, 9.17) is 9.84 Å². The van der Waals surface area contributed by atoms with Gasteiger partial charge in [-0.25, -0.2) is 8.42 Å².